The molecule has 0 radical (unpaired) electrons. The van der Waals surface area contributed by atoms with Gasteiger partial charge in [-0.05, 0) is 45.8 Å². The molecule has 6 heteroatoms. The second-order valence-electron chi connectivity index (χ2n) is 4.92. The lowest BCUT2D eigenvalue weighted by Gasteiger charge is -2.03. The first kappa shape index (κ1) is 15.1. The van der Waals surface area contributed by atoms with Crippen molar-refractivity contribution >= 4 is 39.1 Å². The molecule has 0 spiro atoms. The normalized spacial score (nSPS) is 10.8. The van der Waals surface area contributed by atoms with Gasteiger partial charge in [0.05, 0.1) is 18.7 Å². The number of nitrogens with zero attached hydrogens (tertiary/aromatic N) is 2. The number of fused-ring (bicyclic) bond motifs is 1. The van der Waals surface area contributed by atoms with Gasteiger partial charge in [0.15, 0.2) is 0 Å². The second-order valence-corrected chi connectivity index (χ2v) is 6.28. The first-order chi connectivity index (χ1) is 10.6. The maximum absolute atomic E-state index is 12.0. The van der Waals surface area contributed by atoms with E-state index in [0.717, 1.165) is 21.4 Å². The molecule has 3 rings (SSSR count). The van der Waals surface area contributed by atoms with Crippen LogP contribution in [0.2, 0.25) is 5.02 Å². The molecule has 1 N–H and O–H groups in total. The van der Waals surface area contributed by atoms with E-state index >= 15 is 0 Å². The Kier molecular flexibility index (Phi) is 4.45. The first-order valence-electron chi connectivity index (χ1n) is 6.74. The van der Waals surface area contributed by atoms with E-state index in [4.69, 9.17) is 11.6 Å². The Labute approximate surface area is 141 Å². The van der Waals surface area contributed by atoms with Crippen LogP contribution in [0.15, 0.2) is 53.3 Å². The number of benzene rings is 1. The van der Waals surface area contributed by atoms with Crippen molar-refractivity contribution in [3.63, 3.8) is 0 Å². The summed E-state index contributed by atoms with van der Waals surface area (Å²) in [6.07, 6.45) is 4.17. The highest BCUT2D eigenvalue weighted by Gasteiger charge is 2.06. The van der Waals surface area contributed by atoms with Gasteiger partial charge >= 0.3 is 0 Å². The molecule has 0 aliphatic rings. The van der Waals surface area contributed by atoms with Crippen LogP contribution in [0.4, 0.5) is 0 Å². The lowest BCUT2D eigenvalue weighted by Crippen LogP contribution is -2.24. The van der Waals surface area contributed by atoms with Crippen molar-refractivity contribution in [2.45, 2.75) is 13.0 Å². The zero-order valence-electron chi connectivity index (χ0n) is 11.6. The highest BCUT2D eigenvalue weighted by atomic mass is 79.9. The van der Waals surface area contributed by atoms with Crippen LogP contribution in [0.1, 0.15) is 11.3 Å². The SMILES string of the molecule is O=C(Cc1ccc(Cl)cc1)NCc1cn2cc(Br)ccc2n1. The molecule has 0 aliphatic heterocycles. The summed E-state index contributed by atoms with van der Waals surface area (Å²) >= 11 is 9.24. The van der Waals surface area contributed by atoms with Gasteiger partial charge in [0, 0.05) is 21.9 Å². The highest BCUT2D eigenvalue weighted by molar-refractivity contribution is 9.10. The molecule has 0 unspecified atom stereocenters. The third kappa shape index (κ3) is 3.67. The van der Waals surface area contributed by atoms with Gasteiger partial charge in [-0.3, -0.25) is 4.79 Å². The second kappa shape index (κ2) is 6.50. The molecule has 1 aromatic carbocycles. The Hall–Kier alpha value is -1.85. The van der Waals surface area contributed by atoms with Crippen molar-refractivity contribution < 1.29 is 4.79 Å². The average molecular weight is 379 g/mol. The van der Waals surface area contributed by atoms with Crippen LogP contribution in [0.25, 0.3) is 5.65 Å². The highest BCUT2D eigenvalue weighted by Crippen LogP contribution is 2.13. The van der Waals surface area contributed by atoms with Gasteiger partial charge in [0.2, 0.25) is 5.91 Å². The minimum atomic E-state index is -0.0411. The van der Waals surface area contributed by atoms with Crippen LogP contribution in [-0.2, 0) is 17.8 Å². The molecule has 0 saturated heterocycles. The molecule has 0 aliphatic carbocycles. The van der Waals surface area contributed by atoms with E-state index in [1.807, 2.05) is 41.1 Å². The van der Waals surface area contributed by atoms with Crippen LogP contribution in [0.5, 0.6) is 0 Å². The van der Waals surface area contributed by atoms with Crippen LogP contribution >= 0.6 is 27.5 Å². The third-order valence-corrected chi connectivity index (χ3v) is 3.93. The largest absolute Gasteiger partial charge is 0.350 e. The van der Waals surface area contributed by atoms with Crippen molar-refractivity contribution in [2.24, 2.45) is 0 Å². The zero-order valence-corrected chi connectivity index (χ0v) is 13.9. The maximum atomic E-state index is 12.0. The summed E-state index contributed by atoms with van der Waals surface area (Å²) in [5, 5.41) is 3.54. The number of pyridine rings is 1. The number of nitrogens with one attached hydrogen (secondary N) is 1. The Morgan fingerprint density at radius 2 is 1.95 bits per heavy atom. The van der Waals surface area contributed by atoms with Gasteiger partial charge in [-0.1, -0.05) is 23.7 Å². The molecule has 3 aromatic rings. The number of hydrogen-bond acceptors (Lipinski definition) is 2. The number of aromatic nitrogens is 2. The van der Waals surface area contributed by atoms with Crippen molar-refractivity contribution in [3.8, 4) is 0 Å². The number of carbonyl (C=O) groups is 1. The number of halogens is 2. The quantitative estimate of drug-likeness (QED) is 0.754. The molecule has 22 heavy (non-hydrogen) atoms. The van der Waals surface area contributed by atoms with Crippen LogP contribution in [0, 0.1) is 0 Å². The molecule has 0 atom stereocenters. The molecule has 4 nitrogen and oxygen atoms in total. The zero-order chi connectivity index (χ0) is 15.5. The fraction of sp³-hybridized carbons (Fsp3) is 0.125. The van der Waals surface area contributed by atoms with Gasteiger partial charge in [0.1, 0.15) is 5.65 Å². The molecule has 0 saturated carbocycles. The molecule has 1 amide bonds. The van der Waals surface area contributed by atoms with Crippen LogP contribution in [-0.4, -0.2) is 15.3 Å². The Bertz CT molecular complexity index is 814. The molecular weight excluding hydrogens is 366 g/mol. The van der Waals surface area contributed by atoms with Gasteiger partial charge in [0.25, 0.3) is 0 Å². The lowest BCUT2D eigenvalue weighted by molar-refractivity contribution is -0.120. The molecule has 0 fully saturated rings. The predicted octanol–water partition coefficient (Wildman–Crippen LogP) is 3.61. The predicted molar refractivity (Wildman–Crippen MR) is 89.9 cm³/mol. The van der Waals surface area contributed by atoms with E-state index in [1.165, 1.54) is 0 Å². The molecule has 2 aromatic heterocycles. The Balaban J connectivity index is 1.61. The summed E-state index contributed by atoms with van der Waals surface area (Å²) in [5.41, 5.74) is 2.61. The fourth-order valence-corrected chi connectivity index (χ4v) is 2.62. The summed E-state index contributed by atoms with van der Waals surface area (Å²) in [5.74, 6) is -0.0411. The molecule has 0 bridgehead atoms. The van der Waals surface area contributed by atoms with Crippen molar-refractivity contribution in [1.29, 1.82) is 0 Å². The monoisotopic (exact) mass is 377 g/mol. The van der Waals surface area contributed by atoms with Gasteiger partial charge in [-0.2, -0.15) is 0 Å². The Morgan fingerprint density at radius 1 is 1.18 bits per heavy atom. The fourth-order valence-electron chi connectivity index (χ4n) is 2.14. The van der Waals surface area contributed by atoms with Crippen molar-refractivity contribution in [2.75, 3.05) is 0 Å². The number of hydrogen-bond donors (Lipinski definition) is 1. The van der Waals surface area contributed by atoms with E-state index in [9.17, 15) is 4.79 Å². The number of imidazole rings is 1. The number of carbonyl (C=O) groups excluding carboxylic acids is 1. The van der Waals surface area contributed by atoms with E-state index in [-0.39, 0.29) is 5.91 Å². The van der Waals surface area contributed by atoms with E-state index in [2.05, 4.69) is 26.2 Å². The lowest BCUT2D eigenvalue weighted by atomic mass is 10.1. The van der Waals surface area contributed by atoms with Crippen LogP contribution in [0.3, 0.4) is 0 Å². The topological polar surface area (TPSA) is 46.4 Å². The summed E-state index contributed by atoms with van der Waals surface area (Å²) in [4.78, 5) is 16.4. The smallest absolute Gasteiger partial charge is 0.224 e. The number of amides is 1. The van der Waals surface area contributed by atoms with E-state index in [0.29, 0.717) is 18.0 Å². The average Bonchev–Trinajstić information content (AvgIpc) is 2.89. The van der Waals surface area contributed by atoms with Crippen molar-refractivity contribution in [3.05, 3.63) is 69.5 Å². The van der Waals surface area contributed by atoms with Crippen molar-refractivity contribution in [1.82, 2.24) is 14.7 Å². The van der Waals surface area contributed by atoms with Gasteiger partial charge in [-0.15, -0.1) is 0 Å². The summed E-state index contributed by atoms with van der Waals surface area (Å²) in [7, 11) is 0. The standard InChI is InChI=1S/C16H13BrClN3O/c17-12-3-6-15-20-14(10-21(15)9-12)8-19-16(22)7-11-1-4-13(18)5-2-11/h1-6,9-10H,7-8H2,(H,19,22). The third-order valence-electron chi connectivity index (χ3n) is 3.21. The number of rotatable bonds is 4. The van der Waals surface area contributed by atoms with Crippen LogP contribution < -0.4 is 5.32 Å². The van der Waals surface area contributed by atoms with E-state index in [1.54, 1.807) is 12.1 Å². The summed E-state index contributed by atoms with van der Waals surface area (Å²) < 4.78 is 2.90. The van der Waals surface area contributed by atoms with E-state index < -0.39 is 0 Å². The molecule has 2 heterocycles. The minimum absolute atomic E-state index is 0.0411. The summed E-state index contributed by atoms with van der Waals surface area (Å²) in [6.45, 7) is 0.408. The van der Waals surface area contributed by atoms with Gasteiger partial charge < -0.3 is 9.72 Å². The Morgan fingerprint density at radius 3 is 2.73 bits per heavy atom. The maximum Gasteiger partial charge on any atom is 0.224 e. The van der Waals surface area contributed by atoms with Gasteiger partial charge in [-0.25, -0.2) is 4.98 Å². The molecule has 112 valence electrons. The first-order valence-corrected chi connectivity index (χ1v) is 7.91. The summed E-state index contributed by atoms with van der Waals surface area (Å²) in [6, 6.07) is 11.1. The minimum Gasteiger partial charge on any atom is -0.350 e. The molecular formula is C16H13BrClN3O.